The van der Waals surface area contributed by atoms with E-state index in [1.807, 2.05) is 12.1 Å². The van der Waals surface area contributed by atoms with Gasteiger partial charge in [0.1, 0.15) is 10.8 Å². The fourth-order valence-corrected chi connectivity index (χ4v) is 2.57. The second-order valence-electron chi connectivity index (χ2n) is 3.95. The number of rotatable bonds is 5. The molecule has 1 aromatic heterocycles. The van der Waals surface area contributed by atoms with Crippen molar-refractivity contribution in [1.82, 2.24) is 0 Å². The normalized spacial score (nSPS) is 10.0. The van der Waals surface area contributed by atoms with E-state index in [2.05, 4.69) is 26.0 Å². The smallest absolute Gasteiger partial charge is 0.340 e. The van der Waals surface area contributed by atoms with E-state index in [-0.39, 0.29) is 12.5 Å². The molecule has 7 heteroatoms. The van der Waals surface area contributed by atoms with E-state index >= 15 is 0 Å². The van der Waals surface area contributed by atoms with Crippen molar-refractivity contribution >= 4 is 44.1 Å². The van der Waals surface area contributed by atoms with Gasteiger partial charge in [0.2, 0.25) is 0 Å². The molecule has 1 amide bonds. The molecule has 1 heterocycles. The highest BCUT2D eigenvalue weighted by atomic mass is 79.9. The van der Waals surface area contributed by atoms with E-state index in [1.165, 1.54) is 18.4 Å². The number of ether oxygens (including phenoxy) is 2. The molecule has 0 bridgehead atoms. The first-order valence-corrected chi connectivity index (χ1v) is 7.61. The highest BCUT2D eigenvalue weighted by molar-refractivity contribution is 9.10. The molecule has 5 nitrogen and oxygen atoms in total. The SMILES string of the molecule is COC(=O)c1ccsc1NC(=O)COc1ccc(Br)cc1. The number of benzene rings is 1. The van der Waals surface area contributed by atoms with Crippen LogP contribution in [0.3, 0.4) is 0 Å². The van der Waals surface area contributed by atoms with Crippen LogP contribution in [0, 0.1) is 0 Å². The molecule has 0 saturated carbocycles. The summed E-state index contributed by atoms with van der Waals surface area (Å²) in [5.74, 6) is -0.237. The molecular formula is C14H12BrNO4S. The van der Waals surface area contributed by atoms with Gasteiger partial charge in [-0.25, -0.2) is 4.79 Å². The summed E-state index contributed by atoms with van der Waals surface area (Å²) in [5.41, 5.74) is 0.333. The van der Waals surface area contributed by atoms with Gasteiger partial charge in [-0.15, -0.1) is 11.3 Å². The van der Waals surface area contributed by atoms with Gasteiger partial charge in [-0.2, -0.15) is 0 Å². The summed E-state index contributed by atoms with van der Waals surface area (Å²) < 4.78 is 10.9. The quantitative estimate of drug-likeness (QED) is 0.821. The summed E-state index contributed by atoms with van der Waals surface area (Å²) in [6.07, 6.45) is 0. The maximum absolute atomic E-state index is 11.8. The van der Waals surface area contributed by atoms with E-state index < -0.39 is 5.97 Å². The van der Waals surface area contributed by atoms with E-state index in [0.717, 1.165) is 4.47 Å². The zero-order valence-corrected chi connectivity index (χ0v) is 13.5. The number of carbonyl (C=O) groups excluding carboxylic acids is 2. The van der Waals surface area contributed by atoms with Crippen LogP contribution in [0.1, 0.15) is 10.4 Å². The van der Waals surface area contributed by atoms with Gasteiger partial charge in [0.05, 0.1) is 12.7 Å². The number of hydrogen-bond donors (Lipinski definition) is 1. The Morgan fingerprint density at radius 1 is 1.24 bits per heavy atom. The second kappa shape index (κ2) is 7.24. The zero-order chi connectivity index (χ0) is 15.2. The summed E-state index contributed by atoms with van der Waals surface area (Å²) in [4.78, 5) is 23.3. The van der Waals surface area contributed by atoms with Gasteiger partial charge in [-0.1, -0.05) is 15.9 Å². The molecule has 0 aliphatic heterocycles. The Morgan fingerprint density at radius 2 is 1.95 bits per heavy atom. The van der Waals surface area contributed by atoms with Gasteiger partial charge in [0.15, 0.2) is 6.61 Å². The van der Waals surface area contributed by atoms with Crippen molar-refractivity contribution in [1.29, 1.82) is 0 Å². The number of anilines is 1. The molecule has 110 valence electrons. The second-order valence-corrected chi connectivity index (χ2v) is 5.78. The minimum atomic E-state index is -0.486. The molecule has 0 aliphatic rings. The number of esters is 1. The molecule has 0 atom stereocenters. The van der Waals surface area contributed by atoms with Crippen LogP contribution in [-0.4, -0.2) is 25.6 Å². The molecule has 0 radical (unpaired) electrons. The van der Waals surface area contributed by atoms with Crippen molar-refractivity contribution in [2.24, 2.45) is 0 Å². The van der Waals surface area contributed by atoms with Gasteiger partial charge in [0.25, 0.3) is 5.91 Å². The number of methoxy groups -OCH3 is 1. The minimum absolute atomic E-state index is 0.139. The van der Waals surface area contributed by atoms with Gasteiger partial charge < -0.3 is 14.8 Å². The van der Waals surface area contributed by atoms with Crippen molar-refractivity contribution in [3.63, 3.8) is 0 Å². The molecule has 1 aromatic carbocycles. The number of hydrogen-bond acceptors (Lipinski definition) is 5. The highest BCUT2D eigenvalue weighted by Gasteiger charge is 2.15. The fraction of sp³-hybridized carbons (Fsp3) is 0.143. The van der Waals surface area contributed by atoms with Crippen LogP contribution in [0.15, 0.2) is 40.2 Å². The van der Waals surface area contributed by atoms with Crippen LogP contribution < -0.4 is 10.1 Å². The summed E-state index contributed by atoms with van der Waals surface area (Å²) in [6.45, 7) is -0.139. The number of halogens is 1. The number of amides is 1. The molecule has 2 rings (SSSR count). The predicted octanol–water partition coefficient (Wildman–Crippen LogP) is 3.31. The average Bonchev–Trinajstić information content (AvgIpc) is 2.94. The standard InChI is InChI=1S/C14H12BrNO4S/c1-19-14(18)11-6-7-21-13(11)16-12(17)8-20-10-4-2-9(15)3-5-10/h2-7H,8H2,1H3,(H,16,17). The minimum Gasteiger partial charge on any atom is -0.484 e. The summed E-state index contributed by atoms with van der Waals surface area (Å²) in [6, 6.07) is 8.75. The van der Waals surface area contributed by atoms with Crippen molar-refractivity contribution in [3.8, 4) is 5.75 Å². The van der Waals surface area contributed by atoms with Crippen LogP contribution in [0.4, 0.5) is 5.00 Å². The lowest BCUT2D eigenvalue weighted by molar-refractivity contribution is -0.118. The first-order chi connectivity index (χ1) is 10.1. The van der Waals surface area contributed by atoms with E-state index in [4.69, 9.17) is 4.74 Å². The lowest BCUT2D eigenvalue weighted by Crippen LogP contribution is -2.20. The molecule has 0 fully saturated rings. The third-order valence-corrected chi connectivity index (χ3v) is 3.87. The van der Waals surface area contributed by atoms with Crippen molar-refractivity contribution in [2.45, 2.75) is 0 Å². The zero-order valence-electron chi connectivity index (χ0n) is 11.1. The number of nitrogens with one attached hydrogen (secondary N) is 1. The van der Waals surface area contributed by atoms with E-state index in [0.29, 0.717) is 16.3 Å². The molecular weight excluding hydrogens is 358 g/mol. The predicted molar refractivity (Wildman–Crippen MR) is 83.9 cm³/mol. The van der Waals surface area contributed by atoms with Crippen LogP contribution in [0.2, 0.25) is 0 Å². The maximum Gasteiger partial charge on any atom is 0.340 e. The number of carbonyl (C=O) groups is 2. The third kappa shape index (κ3) is 4.30. The Hall–Kier alpha value is -1.86. The fourth-order valence-electron chi connectivity index (χ4n) is 1.52. The Bertz CT molecular complexity index is 639. The molecule has 0 saturated heterocycles. The first kappa shape index (κ1) is 15.5. The van der Waals surface area contributed by atoms with Gasteiger partial charge in [-0.3, -0.25) is 4.79 Å². The van der Waals surface area contributed by atoms with Crippen LogP contribution >= 0.6 is 27.3 Å². The van der Waals surface area contributed by atoms with Crippen LogP contribution in [-0.2, 0) is 9.53 Å². The molecule has 0 spiro atoms. The first-order valence-electron chi connectivity index (χ1n) is 5.94. The molecule has 2 aromatic rings. The monoisotopic (exact) mass is 369 g/mol. The summed E-state index contributed by atoms with van der Waals surface area (Å²) >= 11 is 4.57. The topological polar surface area (TPSA) is 64.6 Å². The van der Waals surface area contributed by atoms with E-state index in [9.17, 15) is 9.59 Å². The Morgan fingerprint density at radius 3 is 2.62 bits per heavy atom. The molecule has 1 N–H and O–H groups in total. The van der Waals surface area contributed by atoms with Crippen molar-refractivity contribution in [2.75, 3.05) is 19.0 Å². The van der Waals surface area contributed by atoms with Crippen LogP contribution in [0.5, 0.6) is 5.75 Å². The van der Waals surface area contributed by atoms with Crippen molar-refractivity contribution in [3.05, 3.63) is 45.7 Å². The largest absolute Gasteiger partial charge is 0.484 e. The van der Waals surface area contributed by atoms with Gasteiger partial charge >= 0.3 is 5.97 Å². The Kier molecular flexibility index (Phi) is 5.35. The highest BCUT2D eigenvalue weighted by Crippen LogP contribution is 2.24. The molecule has 0 unspecified atom stereocenters. The van der Waals surface area contributed by atoms with Crippen LogP contribution in [0.25, 0.3) is 0 Å². The van der Waals surface area contributed by atoms with Gasteiger partial charge in [-0.05, 0) is 35.7 Å². The number of thiophene rings is 1. The van der Waals surface area contributed by atoms with E-state index in [1.54, 1.807) is 23.6 Å². The summed E-state index contributed by atoms with van der Waals surface area (Å²) in [5, 5.41) is 4.79. The molecule has 21 heavy (non-hydrogen) atoms. The average molecular weight is 370 g/mol. The third-order valence-electron chi connectivity index (χ3n) is 2.51. The maximum atomic E-state index is 11.8. The lowest BCUT2D eigenvalue weighted by Gasteiger charge is -2.07. The summed E-state index contributed by atoms with van der Waals surface area (Å²) in [7, 11) is 1.29. The molecule has 0 aliphatic carbocycles. The lowest BCUT2D eigenvalue weighted by atomic mass is 10.3. The Labute approximate surface area is 134 Å². The van der Waals surface area contributed by atoms with Crippen molar-refractivity contribution < 1.29 is 19.1 Å². The van der Waals surface area contributed by atoms with Gasteiger partial charge in [0, 0.05) is 4.47 Å². The Balaban J connectivity index is 1.92.